The number of hydrogen-bond donors (Lipinski definition) is 1. The van der Waals surface area contributed by atoms with Crippen LogP contribution < -0.4 is 0 Å². The van der Waals surface area contributed by atoms with Gasteiger partial charge in [-0.3, -0.25) is 4.90 Å². The molecule has 2 aromatic carbocycles. The molecule has 1 heterocycles. The minimum Gasteiger partial charge on any atom is -0.508 e. The van der Waals surface area contributed by atoms with Gasteiger partial charge in [0.1, 0.15) is 5.75 Å². The van der Waals surface area contributed by atoms with Crippen LogP contribution >= 0.6 is 0 Å². The van der Waals surface area contributed by atoms with Crippen LogP contribution in [-0.4, -0.2) is 16.6 Å². The molecular formula is C20H25NO. The topological polar surface area (TPSA) is 23.5 Å². The maximum atomic E-state index is 10.3. The van der Waals surface area contributed by atoms with Crippen molar-refractivity contribution in [2.75, 3.05) is 6.54 Å². The molecule has 0 saturated carbocycles. The molecular weight excluding hydrogens is 270 g/mol. The van der Waals surface area contributed by atoms with Crippen molar-refractivity contribution < 1.29 is 5.11 Å². The van der Waals surface area contributed by atoms with Crippen molar-refractivity contribution in [2.24, 2.45) is 0 Å². The molecule has 1 aliphatic heterocycles. The highest BCUT2D eigenvalue weighted by atomic mass is 16.3. The number of nitrogens with zero attached hydrogens (tertiary/aromatic N) is 1. The van der Waals surface area contributed by atoms with Crippen LogP contribution in [0.3, 0.4) is 0 Å². The van der Waals surface area contributed by atoms with Crippen LogP contribution in [0.1, 0.15) is 54.5 Å². The van der Waals surface area contributed by atoms with Crippen molar-refractivity contribution >= 4 is 0 Å². The SMILES string of the molecule is Cc1cc(O)c(CN2CC[C@H]2c2ccccc2)cc1C(C)C. The first-order chi connectivity index (χ1) is 10.6. The molecule has 2 aromatic rings. The summed E-state index contributed by atoms with van der Waals surface area (Å²) < 4.78 is 0. The molecule has 116 valence electrons. The Labute approximate surface area is 133 Å². The largest absolute Gasteiger partial charge is 0.508 e. The van der Waals surface area contributed by atoms with E-state index in [0.717, 1.165) is 18.7 Å². The first-order valence-electron chi connectivity index (χ1n) is 8.17. The van der Waals surface area contributed by atoms with Crippen molar-refractivity contribution in [1.82, 2.24) is 4.90 Å². The molecule has 22 heavy (non-hydrogen) atoms. The van der Waals surface area contributed by atoms with Gasteiger partial charge in [-0.25, -0.2) is 0 Å². The molecule has 0 bridgehead atoms. The van der Waals surface area contributed by atoms with E-state index in [9.17, 15) is 5.11 Å². The molecule has 0 aliphatic carbocycles. The van der Waals surface area contributed by atoms with Crippen LogP contribution in [0, 0.1) is 6.92 Å². The van der Waals surface area contributed by atoms with Crippen LogP contribution in [0.15, 0.2) is 42.5 Å². The molecule has 1 atom stereocenters. The third-order valence-corrected chi connectivity index (χ3v) is 4.78. The third-order valence-electron chi connectivity index (χ3n) is 4.78. The summed E-state index contributed by atoms with van der Waals surface area (Å²) in [7, 11) is 0. The summed E-state index contributed by atoms with van der Waals surface area (Å²) in [4.78, 5) is 2.45. The predicted molar refractivity (Wildman–Crippen MR) is 91.1 cm³/mol. The summed E-state index contributed by atoms with van der Waals surface area (Å²) in [5.74, 6) is 0.918. The highest BCUT2D eigenvalue weighted by Crippen LogP contribution is 2.36. The fourth-order valence-corrected chi connectivity index (χ4v) is 3.41. The quantitative estimate of drug-likeness (QED) is 0.878. The van der Waals surface area contributed by atoms with Gasteiger partial charge < -0.3 is 5.11 Å². The number of aromatic hydroxyl groups is 1. The number of likely N-dealkylation sites (tertiary alicyclic amines) is 1. The molecule has 1 N–H and O–H groups in total. The van der Waals surface area contributed by atoms with Crippen molar-refractivity contribution in [3.8, 4) is 5.75 Å². The van der Waals surface area contributed by atoms with Crippen molar-refractivity contribution in [1.29, 1.82) is 0 Å². The highest BCUT2D eigenvalue weighted by molar-refractivity contribution is 5.43. The molecule has 1 fully saturated rings. The zero-order valence-corrected chi connectivity index (χ0v) is 13.7. The van der Waals surface area contributed by atoms with Gasteiger partial charge in [0.25, 0.3) is 0 Å². The second-order valence-corrected chi connectivity index (χ2v) is 6.68. The summed E-state index contributed by atoms with van der Waals surface area (Å²) in [5.41, 5.74) is 4.95. The summed E-state index contributed by atoms with van der Waals surface area (Å²) in [6.45, 7) is 8.42. The van der Waals surface area contributed by atoms with Gasteiger partial charge in [-0.1, -0.05) is 50.2 Å². The van der Waals surface area contributed by atoms with Gasteiger partial charge in [-0.05, 0) is 42.0 Å². The minimum absolute atomic E-state index is 0.431. The van der Waals surface area contributed by atoms with E-state index in [1.807, 2.05) is 6.07 Å². The Hall–Kier alpha value is -1.80. The summed E-state index contributed by atoms with van der Waals surface area (Å²) in [5, 5.41) is 10.3. The van der Waals surface area contributed by atoms with E-state index >= 15 is 0 Å². The number of rotatable bonds is 4. The zero-order chi connectivity index (χ0) is 15.7. The normalized spacial score (nSPS) is 18.5. The Morgan fingerprint density at radius 3 is 2.50 bits per heavy atom. The van der Waals surface area contributed by atoms with E-state index in [2.05, 4.69) is 62.1 Å². The Bertz CT molecular complexity index is 648. The fourth-order valence-electron chi connectivity index (χ4n) is 3.41. The lowest BCUT2D eigenvalue weighted by atomic mass is 9.92. The van der Waals surface area contributed by atoms with Crippen LogP contribution in [-0.2, 0) is 6.54 Å². The lowest BCUT2D eigenvalue weighted by Crippen LogP contribution is -2.40. The molecule has 3 rings (SSSR count). The van der Waals surface area contributed by atoms with Gasteiger partial charge in [-0.15, -0.1) is 0 Å². The number of hydrogen-bond acceptors (Lipinski definition) is 2. The van der Waals surface area contributed by atoms with Gasteiger partial charge in [0.2, 0.25) is 0 Å². The third kappa shape index (κ3) is 2.89. The molecule has 2 nitrogen and oxygen atoms in total. The molecule has 0 radical (unpaired) electrons. The summed E-state index contributed by atoms with van der Waals surface area (Å²) >= 11 is 0. The standard InChI is InChI=1S/C20H25NO/c1-14(2)18-12-17(20(22)11-15(18)3)13-21-10-9-19(21)16-7-5-4-6-8-16/h4-8,11-12,14,19,22H,9-10,13H2,1-3H3/t19-/m0/s1. The van der Waals surface area contributed by atoms with E-state index in [-0.39, 0.29) is 0 Å². The molecule has 0 unspecified atom stereocenters. The average molecular weight is 295 g/mol. The maximum Gasteiger partial charge on any atom is 0.120 e. The number of aryl methyl sites for hydroxylation is 1. The second-order valence-electron chi connectivity index (χ2n) is 6.68. The lowest BCUT2D eigenvalue weighted by molar-refractivity contribution is 0.0809. The zero-order valence-electron chi connectivity index (χ0n) is 13.7. The van der Waals surface area contributed by atoms with Gasteiger partial charge in [0.05, 0.1) is 0 Å². The van der Waals surface area contributed by atoms with E-state index in [4.69, 9.17) is 0 Å². The van der Waals surface area contributed by atoms with Gasteiger partial charge >= 0.3 is 0 Å². The van der Waals surface area contributed by atoms with Crippen molar-refractivity contribution in [3.63, 3.8) is 0 Å². The van der Waals surface area contributed by atoms with Crippen LogP contribution in [0.5, 0.6) is 5.75 Å². The van der Waals surface area contributed by atoms with Gasteiger partial charge in [-0.2, -0.15) is 0 Å². The van der Waals surface area contributed by atoms with Gasteiger partial charge in [0.15, 0.2) is 0 Å². The van der Waals surface area contributed by atoms with E-state index in [1.54, 1.807) is 0 Å². The molecule has 0 spiro atoms. The number of benzene rings is 2. The number of phenolic OH excluding ortho intramolecular Hbond substituents is 1. The van der Waals surface area contributed by atoms with Crippen LogP contribution in [0.2, 0.25) is 0 Å². The minimum atomic E-state index is 0.431. The second kappa shape index (κ2) is 6.13. The highest BCUT2D eigenvalue weighted by Gasteiger charge is 2.29. The van der Waals surface area contributed by atoms with E-state index in [1.165, 1.54) is 23.1 Å². The van der Waals surface area contributed by atoms with Crippen LogP contribution in [0.25, 0.3) is 0 Å². The Morgan fingerprint density at radius 2 is 1.91 bits per heavy atom. The first kappa shape index (κ1) is 15.1. The summed E-state index contributed by atoms with van der Waals surface area (Å²) in [6.07, 6.45) is 1.20. The van der Waals surface area contributed by atoms with Gasteiger partial charge in [0, 0.05) is 24.7 Å². The Kier molecular flexibility index (Phi) is 4.21. The molecule has 2 heteroatoms. The molecule has 1 saturated heterocycles. The molecule has 0 aromatic heterocycles. The predicted octanol–water partition coefficient (Wildman–Crippen LogP) is 4.77. The lowest BCUT2D eigenvalue weighted by Gasteiger charge is -2.41. The average Bonchev–Trinajstić information content (AvgIpc) is 2.46. The Balaban J connectivity index is 1.80. The molecule has 1 aliphatic rings. The number of phenols is 1. The molecule has 0 amide bonds. The monoisotopic (exact) mass is 295 g/mol. The van der Waals surface area contributed by atoms with Crippen LogP contribution in [0.4, 0.5) is 0 Å². The maximum absolute atomic E-state index is 10.3. The van der Waals surface area contributed by atoms with E-state index < -0.39 is 0 Å². The first-order valence-corrected chi connectivity index (χ1v) is 8.17. The van der Waals surface area contributed by atoms with E-state index in [0.29, 0.717) is 17.7 Å². The smallest absolute Gasteiger partial charge is 0.120 e. The fraction of sp³-hybridized carbons (Fsp3) is 0.400. The summed E-state index contributed by atoms with van der Waals surface area (Å²) in [6, 6.07) is 15.3. The van der Waals surface area contributed by atoms with Crippen molar-refractivity contribution in [2.45, 2.75) is 45.7 Å². The van der Waals surface area contributed by atoms with Crippen molar-refractivity contribution in [3.05, 3.63) is 64.7 Å². The Morgan fingerprint density at radius 1 is 1.18 bits per heavy atom.